The first-order valence-corrected chi connectivity index (χ1v) is 13.6. The number of carbonyl (C=O) groups is 5. The molecule has 2 fully saturated rings. The molecule has 1 unspecified atom stereocenters. The number of hydrogen-bond donors (Lipinski definition) is 2. The second-order valence-electron chi connectivity index (χ2n) is 10.2. The summed E-state index contributed by atoms with van der Waals surface area (Å²) in [6.07, 6.45) is 0.719. The maximum Gasteiger partial charge on any atom is 0.415 e. The van der Waals surface area contributed by atoms with Crippen molar-refractivity contribution in [1.29, 1.82) is 0 Å². The number of nitrogens with two attached hydrogens (primary N) is 1. The summed E-state index contributed by atoms with van der Waals surface area (Å²) in [5.74, 6) is -3.00. The molecule has 15 heteroatoms. The molecule has 1 aliphatic carbocycles. The number of likely N-dealkylation sites (tertiary alicyclic amines) is 1. The van der Waals surface area contributed by atoms with Crippen molar-refractivity contribution in [2.24, 2.45) is 23.5 Å². The van der Waals surface area contributed by atoms with Crippen molar-refractivity contribution >= 4 is 35.8 Å². The van der Waals surface area contributed by atoms with Crippen molar-refractivity contribution in [1.82, 2.24) is 9.88 Å². The Morgan fingerprint density at radius 1 is 1.12 bits per heavy atom. The molecule has 42 heavy (non-hydrogen) atoms. The van der Waals surface area contributed by atoms with Crippen LogP contribution in [0.3, 0.4) is 0 Å². The van der Waals surface area contributed by atoms with Crippen molar-refractivity contribution in [2.45, 2.75) is 77.9 Å². The number of nitrogens with zero attached hydrogens (tertiary/aromatic N) is 2. The molecule has 2 heterocycles. The van der Waals surface area contributed by atoms with E-state index < -0.39 is 61.3 Å². The molecule has 0 radical (unpaired) electrons. The first-order valence-electron chi connectivity index (χ1n) is 13.6. The van der Waals surface area contributed by atoms with E-state index in [1.807, 2.05) is 0 Å². The highest BCUT2D eigenvalue weighted by Gasteiger charge is 2.54. The monoisotopic (exact) mass is 602 g/mol. The van der Waals surface area contributed by atoms with Crippen LogP contribution in [0.25, 0.3) is 0 Å². The zero-order chi connectivity index (χ0) is 31.4. The number of nitrogens with one attached hydrogen (secondary N) is 1. The number of esters is 2. The Morgan fingerprint density at radius 2 is 1.79 bits per heavy atom. The number of aromatic nitrogens is 1. The molecular weight excluding hydrogens is 565 g/mol. The Morgan fingerprint density at radius 3 is 2.36 bits per heavy atom. The number of anilines is 1. The number of ether oxygens (including phenoxy) is 3. The Labute approximate surface area is 241 Å². The topological polar surface area (TPSA) is 167 Å². The summed E-state index contributed by atoms with van der Waals surface area (Å²) in [6.45, 7) is 4.41. The molecule has 12 nitrogen and oxygen atoms in total. The Bertz CT molecular complexity index is 1110. The van der Waals surface area contributed by atoms with Crippen LogP contribution in [0.15, 0.2) is 18.3 Å². The summed E-state index contributed by atoms with van der Waals surface area (Å²) in [4.78, 5) is 63.7. The van der Waals surface area contributed by atoms with Gasteiger partial charge in [-0.25, -0.2) is 24.3 Å². The van der Waals surface area contributed by atoms with E-state index in [1.54, 1.807) is 26.8 Å². The first kappa shape index (κ1) is 34.3. The lowest BCUT2D eigenvalue weighted by Gasteiger charge is -2.42. The van der Waals surface area contributed by atoms with Gasteiger partial charge in [0.1, 0.15) is 5.82 Å². The Balaban J connectivity index is 0.000000468. The highest BCUT2D eigenvalue weighted by Crippen LogP contribution is 2.34. The minimum Gasteiger partial charge on any atom is -0.464 e. The highest BCUT2D eigenvalue weighted by molar-refractivity contribution is 6.07. The van der Waals surface area contributed by atoms with Gasteiger partial charge in [0, 0.05) is 12.6 Å². The van der Waals surface area contributed by atoms with E-state index in [4.69, 9.17) is 19.9 Å². The highest BCUT2D eigenvalue weighted by atomic mass is 19.4. The van der Waals surface area contributed by atoms with Crippen molar-refractivity contribution in [3.63, 3.8) is 0 Å². The quantitative estimate of drug-likeness (QED) is 0.238. The third-order valence-corrected chi connectivity index (χ3v) is 6.60. The van der Waals surface area contributed by atoms with Gasteiger partial charge in [-0.3, -0.25) is 14.9 Å². The van der Waals surface area contributed by atoms with Gasteiger partial charge in [0.05, 0.1) is 18.4 Å². The van der Waals surface area contributed by atoms with Gasteiger partial charge >= 0.3 is 30.2 Å². The van der Waals surface area contributed by atoms with Gasteiger partial charge in [0.25, 0.3) is 0 Å². The van der Waals surface area contributed by atoms with Gasteiger partial charge in [0.15, 0.2) is 6.04 Å². The first-order chi connectivity index (χ1) is 19.7. The van der Waals surface area contributed by atoms with Gasteiger partial charge in [-0.05, 0) is 37.0 Å². The molecule has 234 valence electrons. The van der Waals surface area contributed by atoms with Crippen LogP contribution in [0.1, 0.15) is 64.9 Å². The summed E-state index contributed by atoms with van der Waals surface area (Å²) >= 11 is 0. The van der Waals surface area contributed by atoms with Crippen molar-refractivity contribution in [3.8, 4) is 0 Å². The average molecular weight is 603 g/mol. The molecule has 3 rings (SSSR count). The molecule has 0 bridgehead atoms. The molecule has 2 aliphatic rings. The molecule has 1 saturated heterocycles. The van der Waals surface area contributed by atoms with Crippen molar-refractivity contribution in [3.05, 3.63) is 23.9 Å². The van der Waals surface area contributed by atoms with Crippen LogP contribution in [0.5, 0.6) is 0 Å². The summed E-state index contributed by atoms with van der Waals surface area (Å²) in [5, 5.41) is 2.36. The molecule has 4 amide bonds. The minimum absolute atomic E-state index is 0.0799. The fraction of sp³-hybridized carbons (Fsp3) is 0.630. The fourth-order valence-electron chi connectivity index (χ4n) is 4.58. The minimum atomic E-state index is -3.94. The number of β-lactam (4-membered cyclic amide) rings is 1. The zero-order valence-corrected chi connectivity index (χ0v) is 23.8. The van der Waals surface area contributed by atoms with E-state index in [0.717, 1.165) is 32.1 Å². The predicted octanol–water partition coefficient (Wildman–Crippen LogP) is 4.32. The maximum absolute atomic E-state index is 12.3. The normalized spacial score (nSPS) is 18.7. The van der Waals surface area contributed by atoms with E-state index in [1.165, 1.54) is 12.3 Å². The van der Waals surface area contributed by atoms with E-state index in [2.05, 4.69) is 10.3 Å². The number of pyridine rings is 1. The number of amides is 4. The molecule has 1 aromatic heterocycles. The Kier molecular flexibility index (Phi) is 13.0. The van der Waals surface area contributed by atoms with Gasteiger partial charge in [-0.1, -0.05) is 46.0 Å². The van der Waals surface area contributed by atoms with Crippen LogP contribution < -0.4 is 11.1 Å². The molecule has 1 aromatic rings. The van der Waals surface area contributed by atoms with Gasteiger partial charge in [-0.2, -0.15) is 13.2 Å². The second-order valence-corrected chi connectivity index (χ2v) is 10.2. The standard InChI is InChI=1S/C19H24N4O8.C8H13F3/c1-4-29-17(26)14-12(15(24)23(14)18(20)27)7-11-5-6-21-13(8-11)22-19(28)31-9-30-16(25)10(2)3;9-8(10,11)6-7-4-2-1-3-5-7/h5-6,8,10,12,14H,4,7,9H2,1-3H3,(H2,20,27)(H,21,22,28);7H,1-6H2/t12-,14?;/m1./s1. The van der Waals surface area contributed by atoms with Gasteiger partial charge in [0.2, 0.25) is 12.7 Å². The number of primary amides is 1. The average Bonchev–Trinajstić information content (AvgIpc) is 2.90. The summed E-state index contributed by atoms with van der Waals surface area (Å²) in [7, 11) is 0. The van der Waals surface area contributed by atoms with Crippen LogP contribution in [-0.4, -0.2) is 65.5 Å². The number of imide groups is 1. The van der Waals surface area contributed by atoms with E-state index in [9.17, 15) is 37.1 Å². The van der Waals surface area contributed by atoms with Crippen LogP contribution >= 0.6 is 0 Å². The molecular formula is C27H37F3N4O8. The van der Waals surface area contributed by atoms with E-state index in [0.29, 0.717) is 10.5 Å². The molecule has 0 aromatic carbocycles. The third-order valence-electron chi connectivity index (χ3n) is 6.60. The van der Waals surface area contributed by atoms with Crippen LogP contribution in [0, 0.1) is 17.8 Å². The summed E-state index contributed by atoms with van der Waals surface area (Å²) in [6, 6.07) is 0.917. The number of carbonyl (C=O) groups excluding carboxylic acids is 5. The predicted molar refractivity (Wildman–Crippen MR) is 141 cm³/mol. The van der Waals surface area contributed by atoms with E-state index >= 15 is 0 Å². The Hall–Kier alpha value is -3.91. The fourth-order valence-corrected chi connectivity index (χ4v) is 4.58. The largest absolute Gasteiger partial charge is 0.464 e. The maximum atomic E-state index is 12.3. The van der Waals surface area contributed by atoms with E-state index in [-0.39, 0.29) is 30.7 Å². The van der Waals surface area contributed by atoms with Gasteiger partial charge in [-0.15, -0.1) is 0 Å². The SMILES string of the molecule is CCOC(=O)C1[C@@H](Cc2ccnc(NC(=O)OCOC(=O)C(C)C)c2)C(=O)N1C(N)=O.FC(F)(F)CC1CCCCC1. The number of urea groups is 1. The summed E-state index contributed by atoms with van der Waals surface area (Å²) in [5.41, 5.74) is 5.74. The number of hydrogen-bond acceptors (Lipinski definition) is 9. The van der Waals surface area contributed by atoms with Crippen molar-refractivity contribution < 1.29 is 51.4 Å². The second kappa shape index (κ2) is 15.9. The van der Waals surface area contributed by atoms with Gasteiger partial charge < -0.3 is 19.9 Å². The lowest BCUT2D eigenvalue weighted by Crippen LogP contribution is -2.68. The van der Waals surface area contributed by atoms with Crippen molar-refractivity contribution in [2.75, 3.05) is 18.7 Å². The molecule has 1 aliphatic heterocycles. The molecule has 0 spiro atoms. The smallest absolute Gasteiger partial charge is 0.415 e. The number of halogens is 3. The van der Waals surface area contributed by atoms with Crippen LogP contribution in [0.4, 0.5) is 28.6 Å². The lowest BCUT2D eigenvalue weighted by atomic mass is 9.82. The lowest BCUT2D eigenvalue weighted by molar-refractivity contribution is -0.168. The van der Waals surface area contributed by atoms with Crippen LogP contribution in [-0.2, 0) is 35.0 Å². The molecule has 1 saturated carbocycles. The third kappa shape index (κ3) is 10.8. The van der Waals surface area contributed by atoms with Crippen LogP contribution in [0.2, 0.25) is 0 Å². The summed E-state index contributed by atoms with van der Waals surface area (Å²) < 4.78 is 49.9. The molecule has 2 atom stereocenters. The zero-order valence-electron chi connectivity index (χ0n) is 23.8. The molecule has 3 N–H and O–H groups in total. The number of alkyl halides is 3. The number of rotatable bonds is 9.